The first-order valence-electron chi connectivity index (χ1n) is 6.74. The van der Waals surface area contributed by atoms with E-state index in [0.717, 1.165) is 19.4 Å². The third kappa shape index (κ3) is 4.54. The molecule has 0 saturated carbocycles. The summed E-state index contributed by atoms with van der Waals surface area (Å²) < 4.78 is 29.1. The predicted octanol–water partition coefficient (Wildman–Crippen LogP) is 2.81. The molecule has 1 fully saturated rings. The van der Waals surface area contributed by atoms with Crippen molar-refractivity contribution in [3.8, 4) is 5.75 Å². The second-order valence-corrected chi connectivity index (χ2v) is 5.51. The Morgan fingerprint density at radius 1 is 1.52 bits per heavy atom. The number of ether oxygens (including phenoxy) is 1. The van der Waals surface area contributed by atoms with Gasteiger partial charge in [-0.25, -0.2) is 0 Å². The Labute approximate surface area is 126 Å². The quantitative estimate of drug-likeness (QED) is 0.897. The molecule has 1 saturated heterocycles. The lowest BCUT2D eigenvalue weighted by atomic mass is 10.00. The van der Waals surface area contributed by atoms with E-state index in [4.69, 9.17) is 11.6 Å². The van der Waals surface area contributed by atoms with Crippen LogP contribution < -0.4 is 15.4 Å². The maximum atomic E-state index is 12.4. The Morgan fingerprint density at radius 3 is 2.95 bits per heavy atom. The van der Waals surface area contributed by atoms with E-state index in [0.29, 0.717) is 11.1 Å². The fraction of sp³-hybridized carbons (Fsp3) is 0.500. The summed E-state index contributed by atoms with van der Waals surface area (Å²) in [4.78, 5) is 12.3. The van der Waals surface area contributed by atoms with E-state index in [-0.39, 0.29) is 17.4 Å². The Morgan fingerprint density at radius 2 is 2.29 bits per heavy atom. The molecule has 1 aliphatic rings. The molecule has 0 spiro atoms. The number of nitrogens with one attached hydrogen (secondary N) is 2. The van der Waals surface area contributed by atoms with Gasteiger partial charge in [0.25, 0.3) is 5.91 Å². The van der Waals surface area contributed by atoms with Crippen molar-refractivity contribution in [2.45, 2.75) is 38.5 Å². The highest BCUT2D eigenvalue weighted by molar-refractivity contribution is 6.31. The van der Waals surface area contributed by atoms with E-state index >= 15 is 0 Å². The molecule has 2 unspecified atom stereocenters. The van der Waals surface area contributed by atoms with Gasteiger partial charge in [-0.2, -0.15) is 8.78 Å². The minimum absolute atomic E-state index is 0.00660. The number of rotatable bonds is 4. The van der Waals surface area contributed by atoms with Crippen LogP contribution in [0.4, 0.5) is 8.78 Å². The molecule has 1 aliphatic heterocycles. The standard InChI is InChI=1S/C14H17ClF2N2O2/c1-8-6-10(4-5-18-8)19-13(20)11-7-9(15)2-3-12(11)21-14(16)17/h2-3,7-8,10,14,18H,4-6H2,1H3,(H,19,20). The number of carbonyl (C=O) groups excluding carboxylic acids is 1. The minimum Gasteiger partial charge on any atom is -0.434 e. The molecule has 21 heavy (non-hydrogen) atoms. The second kappa shape index (κ2) is 7.04. The number of halogens is 3. The Balaban J connectivity index is 2.12. The summed E-state index contributed by atoms with van der Waals surface area (Å²) in [6.45, 7) is -0.151. The number of piperidine rings is 1. The monoisotopic (exact) mass is 318 g/mol. The van der Waals surface area contributed by atoms with Gasteiger partial charge in [0, 0.05) is 17.1 Å². The van der Waals surface area contributed by atoms with Crippen LogP contribution in [0.2, 0.25) is 5.02 Å². The molecular formula is C14H17ClF2N2O2. The van der Waals surface area contributed by atoms with Gasteiger partial charge in [0.2, 0.25) is 0 Å². The smallest absolute Gasteiger partial charge is 0.387 e. The van der Waals surface area contributed by atoms with Crippen LogP contribution in [0.15, 0.2) is 18.2 Å². The summed E-state index contributed by atoms with van der Waals surface area (Å²) in [6, 6.07) is 4.32. The molecule has 2 rings (SSSR count). The van der Waals surface area contributed by atoms with Gasteiger partial charge >= 0.3 is 6.61 Å². The first-order valence-corrected chi connectivity index (χ1v) is 7.12. The van der Waals surface area contributed by atoms with Crippen molar-refractivity contribution >= 4 is 17.5 Å². The summed E-state index contributed by atoms with van der Waals surface area (Å²) in [7, 11) is 0. The maximum Gasteiger partial charge on any atom is 0.387 e. The van der Waals surface area contributed by atoms with Gasteiger partial charge in [0.05, 0.1) is 5.56 Å². The van der Waals surface area contributed by atoms with Crippen molar-refractivity contribution in [1.82, 2.24) is 10.6 Å². The Hall–Kier alpha value is -1.40. The molecule has 0 aliphatic carbocycles. The normalized spacial score (nSPS) is 22.1. The molecule has 4 nitrogen and oxygen atoms in total. The molecule has 116 valence electrons. The van der Waals surface area contributed by atoms with Crippen molar-refractivity contribution in [1.29, 1.82) is 0 Å². The zero-order chi connectivity index (χ0) is 15.4. The summed E-state index contributed by atoms with van der Waals surface area (Å²) in [5.74, 6) is -0.624. The van der Waals surface area contributed by atoms with E-state index in [1.807, 2.05) is 6.92 Å². The van der Waals surface area contributed by atoms with E-state index in [2.05, 4.69) is 15.4 Å². The zero-order valence-electron chi connectivity index (χ0n) is 11.5. The van der Waals surface area contributed by atoms with Gasteiger partial charge in [-0.05, 0) is 44.5 Å². The molecule has 1 heterocycles. The molecule has 2 atom stereocenters. The fourth-order valence-corrected chi connectivity index (χ4v) is 2.58. The van der Waals surface area contributed by atoms with Gasteiger partial charge in [0.1, 0.15) is 5.75 Å². The van der Waals surface area contributed by atoms with Crippen LogP contribution in [0.1, 0.15) is 30.1 Å². The highest BCUT2D eigenvalue weighted by Crippen LogP contribution is 2.25. The maximum absolute atomic E-state index is 12.4. The summed E-state index contributed by atoms with van der Waals surface area (Å²) in [6.07, 6.45) is 1.58. The van der Waals surface area contributed by atoms with Crippen LogP contribution >= 0.6 is 11.6 Å². The number of hydrogen-bond acceptors (Lipinski definition) is 3. The molecule has 1 aromatic carbocycles. The van der Waals surface area contributed by atoms with Crippen molar-refractivity contribution < 1.29 is 18.3 Å². The van der Waals surface area contributed by atoms with E-state index in [1.165, 1.54) is 18.2 Å². The zero-order valence-corrected chi connectivity index (χ0v) is 12.3. The molecule has 2 N–H and O–H groups in total. The van der Waals surface area contributed by atoms with Crippen LogP contribution in [-0.4, -0.2) is 31.1 Å². The molecule has 0 radical (unpaired) electrons. The van der Waals surface area contributed by atoms with Gasteiger partial charge in [-0.3, -0.25) is 4.79 Å². The van der Waals surface area contributed by atoms with E-state index in [9.17, 15) is 13.6 Å². The van der Waals surface area contributed by atoms with Crippen LogP contribution in [0, 0.1) is 0 Å². The van der Waals surface area contributed by atoms with Crippen molar-refractivity contribution in [2.24, 2.45) is 0 Å². The topological polar surface area (TPSA) is 50.4 Å². The van der Waals surface area contributed by atoms with Crippen molar-refractivity contribution in [3.63, 3.8) is 0 Å². The lowest BCUT2D eigenvalue weighted by Crippen LogP contribution is -2.46. The number of hydrogen-bond donors (Lipinski definition) is 2. The summed E-state index contributed by atoms with van der Waals surface area (Å²) >= 11 is 5.83. The Kier molecular flexibility index (Phi) is 5.36. The first-order chi connectivity index (χ1) is 9.95. The Bertz CT molecular complexity index is 514. The average Bonchev–Trinajstić information content (AvgIpc) is 2.40. The molecule has 7 heteroatoms. The van der Waals surface area contributed by atoms with Crippen molar-refractivity contribution in [3.05, 3.63) is 28.8 Å². The second-order valence-electron chi connectivity index (χ2n) is 5.07. The van der Waals surface area contributed by atoms with E-state index in [1.54, 1.807) is 0 Å². The fourth-order valence-electron chi connectivity index (χ4n) is 2.40. The van der Waals surface area contributed by atoms with Crippen LogP contribution in [0.3, 0.4) is 0 Å². The van der Waals surface area contributed by atoms with Gasteiger partial charge in [-0.15, -0.1) is 0 Å². The molecule has 0 aromatic heterocycles. The van der Waals surface area contributed by atoms with Gasteiger partial charge in [-0.1, -0.05) is 11.6 Å². The third-order valence-corrected chi connectivity index (χ3v) is 3.60. The molecule has 0 bridgehead atoms. The largest absolute Gasteiger partial charge is 0.434 e. The number of amides is 1. The number of carbonyl (C=O) groups is 1. The van der Waals surface area contributed by atoms with Crippen molar-refractivity contribution in [2.75, 3.05) is 6.54 Å². The molecular weight excluding hydrogens is 302 g/mol. The number of alkyl halides is 2. The minimum atomic E-state index is -2.99. The van der Waals surface area contributed by atoms with Crippen LogP contribution in [0.25, 0.3) is 0 Å². The summed E-state index contributed by atoms with van der Waals surface area (Å²) in [5, 5.41) is 6.41. The lowest BCUT2D eigenvalue weighted by Gasteiger charge is -2.28. The highest BCUT2D eigenvalue weighted by Gasteiger charge is 2.23. The molecule has 1 amide bonds. The third-order valence-electron chi connectivity index (χ3n) is 3.36. The first kappa shape index (κ1) is 16.0. The van der Waals surface area contributed by atoms with Gasteiger partial charge < -0.3 is 15.4 Å². The summed E-state index contributed by atoms with van der Waals surface area (Å²) in [5.41, 5.74) is 0.0222. The number of benzene rings is 1. The lowest BCUT2D eigenvalue weighted by molar-refractivity contribution is -0.0501. The average molecular weight is 319 g/mol. The van der Waals surface area contributed by atoms with E-state index < -0.39 is 12.5 Å². The molecule has 1 aromatic rings. The SMILES string of the molecule is CC1CC(NC(=O)c2cc(Cl)ccc2OC(F)F)CCN1. The van der Waals surface area contributed by atoms with Gasteiger partial charge in [0.15, 0.2) is 0 Å². The predicted molar refractivity (Wildman–Crippen MR) is 76.0 cm³/mol. The van der Waals surface area contributed by atoms with Crippen LogP contribution in [0.5, 0.6) is 5.75 Å². The highest BCUT2D eigenvalue weighted by atomic mass is 35.5. The van der Waals surface area contributed by atoms with Crippen LogP contribution in [-0.2, 0) is 0 Å².